The number of nitrogens with zero attached hydrogens (tertiary/aromatic N) is 1. The van der Waals surface area contributed by atoms with E-state index in [1.54, 1.807) is 27.7 Å². The van der Waals surface area contributed by atoms with Crippen LogP contribution in [0.15, 0.2) is 41.3 Å². The Balaban J connectivity index is 2.13. The molecule has 8 nitrogen and oxygen atoms in total. The minimum absolute atomic E-state index is 0.104. The second kappa shape index (κ2) is 8.94. The monoisotopic (exact) mass is 405 g/mol. The number of amides is 1. The molecular weight excluding hydrogens is 382 g/mol. The second-order valence-corrected chi connectivity index (χ2v) is 8.02. The molecule has 0 radical (unpaired) electrons. The van der Waals surface area contributed by atoms with Gasteiger partial charge in [-0.25, -0.2) is 22.9 Å². The standard InChI is InChI=1S/C19H23N3O5S/c1-5-27-19(24)16-10-11-17(20-13(16)4)18(23)21-14-6-8-15(9-7-14)28(25,26)22-12(2)3/h6-12,22H,5H2,1-4H3,(H,21,23). The summed E-state index contributed by atoms with van der Waals surface area (Å²) in [6, 6.07) is 8.49. The summed E-state index contributed by atoms with van der Waals surface area (Å²) in [5.41, 5.74) is 1.23. The number of sulfonamides is 1. The number of carbonyl (C=O) groups excluding carboxylic acids is 2. The zero-order valence-corrected chi connectivity index (χ0v) is 17.0. The van der Waals surface area contributed by atoms with Crippen LogP contribution in [0.3, 0.4) is 0 Å². The Kier molecular flexibility index (Phi) is 6.87. The van der Waals surface area contributed by atoms with Crippen LogP contribution in [0.2, 0.25) is 0 Å². The maximum Gasteiger partial charge on any atom is 0.339 e. The van der Waals surface area contributed by atoms with Crippen LogP contribution >= 0.6 is 0 Å². The van der Waals surface area contributed by atoms with Gasteiger partial charge in [0.1, 0.15) is 5.69 Å². The van der Waals surface area contributed by atoms with Gasteiger partial charge >= 0.3 is 5.97 Å². The SMILES string of the molecule is CCOC(=O)c1ccc(C(=O)Nc2ccc(S(=O)(=O)NC(C)C)cc2)nc1C. The average molecular weight is 405 g/mol. The molecule has 0 saturated heterocycles. The van der Waals surface area contributed by atoms with Gasteiger partial charge in [-0.3, -0.25) is 4.79 Å². The highest BCUT2D eigenvalue weighted by molar-refractivity contribution is 7.89. The smallest absolute Gasteiger partial charge is 0.339 e. The normalized spacial score (nSPS) is 11.3. The molecule has 0 aliphatic rings. The van der Waals surface area contributed by atoms with E-state index in [2.05, 4.69) is 15.0 Å². The van der Waals surface area contributed by atoms with E-state index in [1.807, 2.05) is 0 Å². The number of nitrogens with one attached hydrogen (secondary N) is 2. The molecule has 150 valence electrons. The number of anilines is 1. The summed E-state index contributed by atoms with van der Waals surface area (Å²) in [5, 5.41) is 2.65. The summed E-state index contributed by atoms with van der Waals surface area (Å²) in [6.45, 7) is 7.03. The van der Waals surface area contributed by atoms with E-state index >= 15 is 0 Å². The summed E-state index contributed by atoms with van der Waals surface area (Å²) in [5.74, 6) is -0.972. The molecule has 2 aromatic rings. The molecule has 0 aliphatic heterocycles. The number of rotatable bonds is 7. The Morgan fingerprint density at radius 3 is 2.29 bits per heavy atom. The highest BCUT2D eigenvalue weighted by atomic mass is 32.2. The fraction of sp³-hybridized carbons (Fsp3) is 0.316. The fourth-order valence-electron chi connectivity index (χ4n) is 2.40. The molecule has 2 N–H and O–H groups in total. The van der Waals surface area contributed by atoms with E-state index in [0.29, 0.717) is 16.9 Å². The predicted molar refractivity (Wildman–Crippen MR) is 105 cm³/mol. The van der Waals surface area contributed by atoms with Crippen molar-refractivity contribution < 1.29 is 22.7 Å². The van der Waals surface area contributed by atoms with Gasteiger partial charge in [-0.15, -0.1) is 0 Å². The summed E-state index contributed by atoms with van der Waals surface area (Å²) < 4.78 is 31.7. The summed E-state index contributed by atoms with van der Waals surface area (Å²) in [4.78, 5) is 28.4. The third kappa shape index (κ3) is 5.37. The largest absolute Gasteiger partial charge is 0.462 e. The van der Waals surface area contributed by atoms with Gasteiger partial charge in [-0.2, -0.15) is 0 Å². The van der Waals surface area contributed by atoms with E-state index in [-0.39, 0.29) is 23.2 Å². The van der Waals surface area contributed by atoms with E-state index in [4.69, 9.17) is 4.74 Å². The van der Waals surface area contributed by atoms with Gasteiger partial charge in [-0.1, -0.05) is 0 Å². The van der Waals surface area contributed by atoms with Crippen molar-refractivity contribution in [2.45, 2.75) is 38.6 Å². The number of benzene rings is 1. The van der Waals surface area contributed by atoms with Crippen LogP contribution in [0.25, 0.3) is 0 Å². The molecule has 0 saturated carbocycles. The van der Waals surface area contributed by atoms with E-state index in [9.17, 15) is 18.0 Å². The van der Waals surface area contributed by atoms with Crippen LogP contribution in [0.1, 0.15) is 47.3 Å². The maximum absolute atomic E-state index is 12.4. The summed E-state index contributed by atoms with van der Waals surface area (Å²) >= 11 is 0. The lowest BCUT2D eigenvalue weighted by Crippen LogP contribution is -2.30. The number of aryl methyl sites for hydroxylation is 1. The number of hydrogen-bond acceptors (Lipinski definition) is 6. The first-order valence-corrected chi connectivity index (χ1v) is 10.2. The highest BCUT2D eigenvalue weighted by Crippen LogP contribution is 2.16. The van der Waals surface area contributed by atoms with Crippen molar-refractivity contribution in [2.24, 2.45) is 0 Å². The minimum atomic E-state index is -3.60. The first kappa shape index (κ1) is 21.5. The van der Waals surface area contributed by atoms with Crippen molar-refractivity contribution in [3.05, 3.63) is 53.3 Å². The van der Waals surface area contributed by atoms with Gasteiger partial charge in [0.05, 0.1) is 22.8 Å². The van der Waals surface area contributed by atoms with Crippen molar-refractivity contribution in [3.8, 4) is 0 Å². The molecule has 2 rings (SSSR count). The van der Waals surface area contributed by atoms with Crippen molar-refractivity contribution in [1.82, 2.24) is 9.71 Å². The summed E-state index contributed by atoms with van der Waals surface area (Å²) in [7, 11) is -3.60. The lowest BCUT2D eigenvalue weighted by Gasteiger charge is -2.11. The minimum Gasteiger partial charge on any atom is -0.462 e. The molecule has 0 unspecified atom stereocenters. The number of carbonyl (C=O) groups is 2. The van der Waals surface area contributed by atoms with E-state index in [1.165, 1.54) is 36.4 Å². The van der Waals surface area contributed by atoms with E-state index < -0.39 is 21.9 Å². The Bertz CT molecular complexity index is 970. The number of aromatic nitrogens is 1. The Morgan fingerprint density at radius 1 is 1.11 bits per heavy atom. The Morgan fingerprint density at radius 2 is 1.75 bits per heavy atom. The number of pyridine rings is 1. The molecule has 0 bridgehead atoms. The van der Waals surface area contributed by atoms with Crippen molar-refractivity contribution >= 4 is 27.6 Å². The molecule has 1 aromatic carbocycles. The van der Waals surface area contributed by atoms with Crippen LogP contribution in [0, 0.1) is 6.92 Å². The molecule has 1 heterocycles. The third-order valence-corrected chi connectivity index (χ3v) is 5.30. The van der Waals surface area contributed by atoms with Gasteiger partial charge in [0.15, 0.2) is 0 Å². The second-order valence-electron chi connectivity index (χ2n) is 6.30. The number of esters is 1. The van der Waals surface area contributed by atoms with Crippen molar-refractivity contribution in [3.63, 3.8) is 0 Å². The summed E-state index contributed by atoms with van der Waals surface area (Å²) in [6.07, 6.45) is 0. The number of hydrogen-bond donors (Lipinski definition) is 2. The van der Waals surface area contributed by atoms with Crippen LogP contribution in [-0.4, -0.2) is 37.9 Å². The lowest BCUT2D eigenvalue weighted by atomic mass is 10.2. The molecule has 0 aliphatic carbocycles. The number of ether oxygens (including phenoxy) is 1. The van der Waals surface area contributed by atoms with Crippen LogP contribution in [0.5, 0.6) is 0 Å². The predicted octanol–water partition coefficient (Wildman–Crippen LogP) is 2.51. The first-order chi connectivity index (χ1) is 13.1. The average Bonchev–Trinajstić information content (AvgIpc) is 2.61. The van der Waals surface area contributed by atoms with E-state index in [0.717, 1.165) is 0 Å². The topological polar surface area (TPSA) is 114 Å². The van der Waals surface area contributed by atoms with Gasteiger partial charge in [0, 0.05) is 11.7 Å². The molecule has 0 atom stereocenters. The molecular formula is C19H23N3O5S. The van der Waals surface area contributed by atoms with Crippen LogP contribution in [0.4, 0.5) is 5.69 Å². The molecule has 0 spiro atoms. The van der Waals surface area contributed by atoms with Crippen molar-refractivity contribution in [1.29, 1.82) is 0 Å². The lowest BCUT2D eigenvalue weighted by molar-refractivity contribution is 0.0524. The van der Waals surface area contributed by atoms with Gasteiger partial charge in [0.2, 0.25) is 10.0 Å². The molecule has 28 heavy (non-hydrogen) atoms. The van der Waals surface area contributed by atoms with Gasteiger partial charge in [0.25, 0.3) is 5.91 Å². The van der Waals surface area contributed by atoms with Crippen LogP contribution in [-0.2, 0) is 14.8 Å². The van der Waals surface area contributed by atoms with Crippen LogP contribution < -0.4 is 10.0 Å². The Hall–Kier alpha value is -2.78. The zero-order chi connectivity index (χ0) is 20.9. The molecule has 1 aromatic heterocycles. The fourth-order valence-corrected chi connectivity index (χ4v) is 3.65. The zero-order valence-electron chi connectivity index (χ0n) is 16.1. The Labute approximate surface area is 164 Å². The van der Waals surface area contributed by atoms with Gasteiger partial charge in [-0.05, 0) is 64.1 Å². The molecule has 0 fully saturated rings. The third-order valence-electron chi connectivity index (χ3n) is 3.63. The first-order valence-electron chi connectivity index (χ1n) is 8.72. The molecule has 9 heteroatoms. The van der Waals surface area contributed by atoms with Crippen molar-refractivity contribution in [2.75, 3.05) is 11.9 Å². The quantitative estimate of drug-likeness (QED) is 0.684. The maximum atomic E-state index is 12.4. The van der Waals surface area contributed by atoms with Gasteiger partial charge < -0.3 is 10.1 Å². The highest BCUT2D eigenvalue weighted by Gasteiger charge is 2.17. The molecule has 1 amide bonds.